The molecule has 0 aliphatic carbocycles. The highest BCUT2D eigenvalue weighted by Gasteiger charge is 2.37. The number of likely N-dealkylation sites (tertiary alicyclic amines) is 1. The van der Waals surface area contributed by atoms with Gasteiger partial charge >= 0.3 is 0 Å². The Hall–Kier alpha value is -1.64. The maximum Gasteiger partial charge on any atom is 0.0279 e. The van der Waals surface area contributed by atoms with Gasteiger partial charge in [0.2, 0.25) is 0 Å². The fraction of sp³-hybridized carbons (Fsp3) is 0.368. The van der Waals surface area contributed by atoms with Crippen molar-refractivity contribution in [1.29, 1.82) is 0 Å². The Kier molecular flexibility index (Phi) is 3.28. The highest BCUT2D eigenvalue weighted by Crippen LogP contribution is 2.35. The summed E-state index contributed by atoms with van der Waals surface area (Å²) in [4.78, 5) is 2.59. The van der Waals surface area contributed by atoms with Crippen LogP contribution in [0.3, 0.4) is 0 Å². The summed E-state index contributed by atoms with van der Waals surface area (Å²) in [5.74, 6) is 0.650. The van der Waals surface area contributed by atoms with E-state index in [9.17, 15) is 0 Å². The molecule has 1 fully saturated rings. The van der Waals surface area contributed by atoms with Crippen molar-refractivity contribution in [3.8, 4) is 0 Å². The van der Waals surface area contributed by atoms with Crippen LogP contribution < -0.4 is 5.32 Å². The van der Waals surface area contributed by atoms with Crippen LogP contribution in [0.25, 0.3) is 0 Å². The van der Waals surface area contributed by atoms with Crippen molar-refractivity contribution in [2.24, 2.45) is 0 Å². The second-order valence-electron chi connectivity index (χ2n) is 6.42. The molecule has 2 atom stereocenters. The second kappa shape index (κ2) is 5.28. The van der Waals surface area contributed by atoms with E-state index in [4.69, 9.17) is 0 Å². The number of nitrogens with one attached hydrogen (secondary N) is 1. The first-order valence-corrected chi connectivity index (χ1v) is 7.89. The van der Waals surface area contributed by atoms with Gasteiger partial charge in [0.25, 0.3) is 0 Å². The molecule has 2 heteroatoms. The number of nitrogens with zero attached hydrogens (tertiary/aromatic N) is 1. The highest BCUT2D eigenvalue weighted by atomic mass is 15.2. The van der Waals surface area contributed by atoms with Crippen LogP contribution in [0.1, 0.15) is 28.2 Å². The van der Waals surface area contributed by atoms with E-state index < -0.39 is 0 Å². The standard InChI is InChI=1S/C19H22N2/c1-14-6-5-9-16-17(14)10-20-19-13-21(12-18(16)19)11-15-7-3-2-4-8-15/h2-9,18-20H,10-13H2,1H3. The lowest BCUT2D eigenvalue weighted by Gasteiger charge is -2.29. The summed E-state index contributed by atoms with van der Waals surface area (Å²) >= 11 is 0. The molecule has 2 aliphatic rings. The van der Waals surface area contributed by atoms with Gasteiger partial charge in [0.15, 0.2) is 0 Å². The minimum atomic E-state index is 0.614. The quantitative estimate of drug-likeness (QED) is 0.908. The predicted octanol–water partition coefficient (Wildman–Crippen LogP) is 3.07. The van der Waals surface area contributed by atoms with Crippen LogP contribution in [0.15, 0.2) is 48.5 Å². The zero-order valence-electron chi connectivity index (χ0n) is 12.5. The molecule has 2 unspecified atom stereocenters. The second-order valence-corrected chi connectivity index (χ2v) is 6.42. The Morgan fingerprint density at radius 2 is 1.90 bits per heavy atom. The predicted molar refractivity (Wildman–Crippen MR) is 86.3 cm³/mol. The number of hydrogen-bond donors (Lipinski definition) is 1. The van der Waals surface area contributed by atoms with E-state index in [0.717, 1.165) is 19.6 Å². The zero-order valence-corrected chi connectivity index (χ0v) is 12.5. The van der Waals surface area contributed by atoms with Gasteiger partial charge in [0.1, 0.15) is 0 Å². The van der Waals surface area contributed by atoms with E-state index in [1.165, 1.54) is 23.2 Å². The van der Waals surface area contributed by atoms with Gasteiger partial charge in [-0.25, -0.2) is 0 Å². The normalized spacial score (nSPS) is 24.6. The summed E-state index contributed by atoms with van der Waals surface area (Å²) in [6.07, 6.45) is 0. The lowest BCUT2D eigenvalue weighted by molar-refractivity contribution is 0.319. The number of aryl methyl sites for hydroxylation is 1. The summed E-state index contributed by atoms with van der Waals surface area (Å²) in [5, 5.41) is 3.75. The van der Waals surface area contributed by atoms with Gasteiger partial charge in [-0.3, -0.25) is 4.90 Å². The molecule has 2 heterocycles. The average molecular weight is 278 g/mol. The molecular formula is C19H22N2. The van der Waals surface area contributed by atoms with E-state index in [0.29, 0.717) is 12.0 Å². The van der Waals surface area contributed by atoms with E-state index >= 15 is 0 Å². The molecule has 21 heavy (non-hydrogen) atoms. The van der Waals surface area contributed by atoms with Crippen LogP contribution in [0, 0.1) is 6.92 Å². The molecule has 4 rings (SSSR count). The lowest BCUT2D eigenvalue weighted by atomic mass is 9.85. The first-order chi connectivity index (χ1) is 10.3. The Morgan fingerprint density at radius 3 is 2.76 bits per heavy atom. The minimum absolute atomic E-state index is 0.614. The van der Waals surface area contributed by atoms with Gasteiger partial charge < -0.3 is 5.32 Å². The fourth-order valence-electron chi connectivity index (χ4n) is 3.92. The molecule has 0 spiro atoms. The van der Waals surface area contributed by atoms with Gasteiger partial charge in [-0.05, 0) is 29.2 Å². The summed E-state index contributed by atoms with van der Waals surface area (Å²) in [5.41, 5.74) is 5.95. The number of benzene rings is 2. The van der Waals surface area contributed by atoms with Crippen molar-refractivity contribution >= 4 is 0 Å². The summed E-state index contributed by atoms with van der Waals surface area (Å²) < 4.78 is 0. The largest absolute Gasteiger partial charge is 0.308 e. The smallest absolute Gasteiger partial charge is 0.0279 e. The molecule has 0 aromatic heterocycles. The molecule has 0 saturated carbocycles. The summed E-state index contributed by atoms with van der Waals surface area (Å²) in [6.45, 7) is 6.66. The van der Waals surface area contributed by atoms with Crippen molar-refractivity contribution in [2.45, 2.75) is 32.0 Å². The molecule has 108 valence electrons. The van der Waals surface area contributed by atoms with E-state index in [2.05, 4.69) is 65.7 Å². The van der Waals surface area contributed by atoms with Gasteiger partial charge in [-0.15, -0.1) is 0 Å². The Bertz CT molecular complexity index is 635. The van der Waals surface area contributed by atoms with Gasteiger partial charge in [0.05, 0.1) is 0 Å². The Labute approximate surface area is 126 Å². The first-order valence-electron chi connectivity index (χ1n) is 7.89. The van der Waals surface area contributed by atoms with E-state index in [1.54, 1.807) is 5.56 Å². The van der Waals surface area contributed by atoms with Gasteiger partial charge in [-0.2, -0.15) is 0 Å². The topological polar surface area (TPSA) is 15.3 Å². The third-order valence-corrected chi connectivity index (χ3v) is 5.03. The van der Waals surface area contributed by atoms with Crippen LogP contribution in [0.2, 0.25) is 0 Å². The fourth-order valence-corrected chi connectivity index (χ4v) is 3.92. The molecule has 2 nitrogen and oxygen atoms in total. The molecule has 2 aromatic carbocycles. The van der Waals surface area contributed by atoms with Crippen molar-refractivity contribution < 1.29 is 0 Å². The van der Waals surface area contributed by atoms with Crippen LogP contribution in [0.5, 0.6) is 0 Å². The Morgan fingerprint density at radius 1 is 1.05 bits per heavy atom. The van der Waals surface area contributed by atoms with Crippen molar-refractivity contribution in [1.82, 2.24) is 10.2 Å². The van der Waals surface area contributed by atoms with Crippen molar-refractivity contribution in [3.05, 3.63) is 70.8 Å². The number of fused-ring (bicyclic) bond motifs is 3. The van der Waals surface area contributed by atoms with E-state index in [1.807, 2.05) is 0 Å². The third kappa shape index (κ3) is 2.39. The molecule has 1 N–H and O–H groups in total. The Balaban J connectivity index is 1.55. The third-order valence-electron chi connectivity index (χ3n) is 5.03. The molecule has 1 saturated heterocycles. The number of rotatable bonds is 2. The SMILES string of the molecule is Cc1cccc2c1CNC1CN(Cc3ccccc3)CC21. The van der Waals surface area contributed by atoms with Gasteiger partial charge in [0, 0.05) is 38.1 Å². The van der Waals surface area contributed by atoms with Gasteiger partial charge in [-0.1, -0.05) is 48.5 Å². The molecule has 0 amide bonds. The van der Waals surface area contributed by atoms with Crippen molar-refractivity contribution in [2.75, 3.05) is 13.1 Å². The van der Waals surface area contributed by atoms with Crippen molar-refractivity contribution in [3.63, 3.8) is 0 Å². The van der Waals surface area contributed by atoms with E-state index in [-0.39, 0.29) is 0 Å². The van der Waals surface area contributed by atoms with Crippen LogP contribution >= 0.6 is 0 Å². The lowest BCUT2D eigenvalue weighted by Crippen LogP contribution is -2.39. The molecule has 2 aromatic rings. The summed E-state index contributed by atoms with van der Waals surface area (Å²) in [7, 11) is 0. The van der Waals surface area contributed by atoms with Crippen LogP contribution in [-0.2, 0) is 13.1 Å². The molecular weight excluding hydrogens is 256 g/mol. The number of hydrogen-bond acceptors (Lipinski definition) is 2. The monoisotopic (exact) mass is 278 g/mol. The molecule has 2 aliphatic heterocycles. The maximum absolute atomic E-state index is 3.75. The maximum atomic E-state index is 3.75. The van der Waals surface area contributed by atoms with Crippen LogP contribution in [0.4, 0.5) is 0 Å². The summed E-state index contributed by atoms with van der Waals surface area (Å²) in [6, 6.07) is 18.2. The molecule has 0 radical (unpaired) electrons. The highest BCUT2D eigenvalue weighted by molar-refractivity contribution is 5.40. The first kappa shape index (κ1) is 13.1. The average Bonchev–Trinajstić information content (AvgIpc) is 2.91. The molecule has 0 bridgehead atoms. The minimum Gasteiger partial charge on any atom is -0.308 e. The van der Waals surface area contributed by atoms with Crippen LogP contribution in [-0.4, -0.2) is 24.0 Å². The zero-order chi connectivity index (χ0) is 14.2.